The van der Waals surface area contributed by atoms with E-state index in [1.54, 1.807) is 12.4 Å². The monoisotopic (exact) mass is 422 g/mol. The maximum atomic E-state index is 13.4. The second-order valence-corrected chi connectivity index (χ2v) is 8.29. The van der Waals surface area contributed by atoms with E-state index in [9.17, 15) is 14.0 Å². The molecule has 5 rings (SSSR count). The number of rotatable bonds is 4. The number of halogens is 2. The van der Waals surface area contributed by atoms with Gasteiger partial charge < -0.3 is 0 Å². The molecule has 2 heterocycles. The van der Waals surface area contributed by atoms with Crippen molar-refractivity contribution in [1.29, 1.82) is 5.26 Å². The topological polar surface area (TPSA) is 61.0 Å². The molecule has 2 aliphatic heterocycles. The lowest BCUT2D eigenvalue weighted by Gasteiger charge is -2.37. The highest BCUT2D eigenvalue weighted by atomic mass is 19.2. The van der Waals surface area contributed by atoms with E-state index < -0.39 is 11.6 Å². The van der Waals surface area contributed by atoms with Crippen molar-refractivity contribution in [2.45, 2.75) is 32.1 Å². The number of aromatic nitrogens is 3. The highest BCUT2D eigenvalue weighted by Crippen LogP contribution is 2.38. The summed E-state index contributed by atoms with van der Waals surface area (Å²) in [5, 5.41) is 16.5. The van der Waals surface area contributed by atoms with Crippen LogP contribution in [0, 0.1) is 23.0 Å². The molecule has 1 aromatic carbocycles. The summed E-state index contributed by atoms with van der Waals surface area (Å²) in [6, 6.07) is 6.49. The summed E-state index contributed by atoms with van der Waals surface area (Å²) >= 11 is 0. The predicted octanol–water partition coefficient (Wildman–Crippen LogP) is 2.91. The minimum atomic E-state index is -0.806. The molecule has 0 radical (unpaired) electrons. The molecule has 6 nitrogen and oxygen atoms in total. The molecule has 0 spiro atoms. The van der Waals surface area contributed by atoms with Gasteiger partial charge in [-0.15, -0.1) is 5.10 Å². The van der Waals surface area contributed by atoms with Gasteiger partial charge in [-0.05, 0) is 60.9 Å². The number of hydrogen-bond acceptors (Lipinski definition) is 5. The van der Waals surface area contributed by atoms with Crippen LogP contribution in [0.15, 0.2) is 24.5 Å². The first-order chi connectivity index (χ1) is 15.2. The average Bonchev–Trinajstić information content (AvgIpc) is 3.14. The van der Waals surface area contributed by atoms with Crippen LogP contribution in [0.4, 0.5) is 8.78 Å². The third-order valence-corrected chi connectivity index (χ3v) is 6.49. The third kappa shape index (κ3) is 3.63. The van der Waals surface area contributed by atoms with Crippen LogP contribution in [0.3, 0.4) is 0 Å². The maximum Gasteiger partial charge on any atom is 0.159 e. The molecule has 8 heteroatoms. The molecule has 160 valence electrons. The highest BCUT2D eigenvalue weighted by molar-refractivity contribution is 5.76. The fourth-order valence-corrected chi connectivity index (χ4v) is 4.85. The molecule has 2 aliphatic carbocycles. The zero-order valence-electron chi connectivity index (χ0n) is 17.3. The van der Waals surface area contributed by atoms with E-state index in [0.29, 0.717) is 12.0 Å². The molecule has 1 fully saturated rings. The summed E-state index contributed by atoms with van der Waals surface area (Å²) in [6.07, 6.45) is 6.38. The van der Waals surface area contributed by atoms with Gasteiger partial charge >= 0.3 is 0 Å². The van der Waals surface area contributed by atoms with Crippen molar-refractivity contribution < 1.29 is 8.78 Å². The zero-order valence-corrected chi connectivity index (χ0v) is 17.3. The second kappa shape index (κ2) is 8.23. The Morgan fingerprint density at radius 2 is 1.77 bits per heavy atom. The molecular weight excluding hydrogens is 398 g/mol. The standard InChI is InChI=1S/C23H24F2N6/c24-20-6-5-16(13-21(20)25)7-8-29-9-11-30(12-10-29)31-23-18-4-2-1-3-17(18)19(14-26)22(23)27-15-28-31/h5-6,13,15H,1-4,7-12H2. The van der Waals surface area contributed by atoms with E-state index in [4.69, 9.17) is 0 Å². The van der Waals surface area contributed by atoms with Crippen molar-refractivity contribution in [3.63, 3.8) is 0 Å². The van der Waals surface area contributed by atoms with E-state index >= 15 is 0 Å². The van der Waals surface area contributed by atoms with Gasteiger partial charge in [0.05, 0.1) is 5.56 Å². The molecular formula is C23H24F2N6. The lowest BCUT2D eigenvalue weighted by Crippen LogP contribution is -2.52. The van der Waals surface area contributed by atoms with Gasteiger partial charge in [0.2, 0.25) is 0 Å². The van der Waals surface area contributed by atoms with Crippen LogP contribution in [0.5, 0.6) is 0 Å². The molecule has 1 saturated heterocycles. The van der Waals surface area contributed by atoms with E-state index in [1.165, 1.54) is 17.7 Å². The van der Waals surface area contributed by atoms with Crippen molar-refractivity contribution in [2.24, 2.45) is 0 Å². The maximum absolute atomic E-state index is 13.4. The number of hydrogen-bond donors (Lipinski definition) is 0. The number of piperazine rings is 1. The van der Waals surface area contributed by atoms with E-state index in [0.717, 1.165) is 80.9 Å². The minimum absolute atomic E-state index is 0.685. The Kier molecular flexibility index (Phi) is 5.28. The first kappa shape index (κ1) is 19.9. The van der Waals surface area contributed by atoms with Crippen LogP contribution in [0.2, 0.25) is 0 Å². The molecule has 4 aliphatic rings. The summed E-state index contributed by atoms with van der Waals surface area (Å²) < 4.78 is 26.5. The van der Waals surface area contributed by atoms with Crippen LogP contribution in [-0.4, -0.2) is 52.5 Å². The van der Waals surface area contributed by atoms with Crippen LogP contribution in [-0.2, 0) is 19.3 Å². The first-order valence-electron chi connectivity index (χ1n) is 10.8. The van der Waals surface area contributed by atoms with E-state index in [-0.39, 0.29) is 0 Å². The lowest BCUT2D eigenvalue weighted by atomic mass is 9.94. The van der Waals surface area contributed by atoms with Gasteiger partial charge in [0.15, 0.2) is 11.6 Å². The summed E-state index contributed by atoms with van der Waals surface area (Å²) in [7, 11) is 0. The number of nitrogens with zero attached hydrogens (tertiary/aromatic N) is 6. The first-order valence-corrected chi connectivity index (χ1v) is 10.8. The normalized spacial score (nSPS) is 17.0. The largest absolute Gasteiger partial charge is 0.299 e. The number of fused-ring (bicyclic) bond motifs is 3. The van der Waals surface area contributed by atoms with Crippen molar-refractivity contribution in [3.05, 3.63) is 58.4 Å². The predicted molar refractivity (Wildman–Crippen MR) is 112 cm³/mol. The van der Waals surface area contributed by atoms with Crippen molar-refractivity contribution in [2.75, 3.05) is 37.7 Å². The summed E-state index contributed by atoms with van der Waals surface area (Å²) in [5.74, 6) is -1.60. The van der Waals surface area contributed by atoms with Crippen molar-refractivity contribution >= 4 is 0 Å². The van der Waals surface area contributed by atoms with Gasteiger partial charge in [0.1, 0.15) is 23.8 Å². The molecule has 0 aromatic heterocycles. The molecule has 0 bridgehead atoms. The van der Waals surface area contributed by atoms with Gasteiger partial charge in [0.25, 0.3) is 0 Å². The lowest BCUT2D eigenvalue weighted by molar-refractivity contribution is 0.237. The Hall–Kier alpha value is -3.05. The summed E-state index contributed by atoms with van der Waals surface area (Å²) in [6.45, 7) is 4.12. The molecule has 0 N–H and O–H groups in total. The molecule has 0 unspecified atom stereocenters. The van der Waals surface area contributed by atoms with E-state index in [2.05, 4.69) is 26.1 Å². The van der Waals surface area contributed by atoms with Crippen LogP contribution < -0.4 is 5.01 Å². The molecule has 0 saturated carbocycles. The van der Waals surface area contributed by atoms with Gasteiger partial charge in [-0.1, -0.05) is 6.07 Å². The van der Waals surface area contributed by atoms with Gasteiger partial charge in [-0.3, -0.25) is 9.91 Å². The Morgan fingerprint density at radius 3 is 2.52 bits per heavy atom. The average molecular weight is 422 g/mol. The fourth-order valence-electron chi connectivity index (χ4n) is 4.85. The minimum Gasteiger partial charge on any atom is -0.299 e. The summed E-state index contributed by atoms with van der Waals surface area (Å²) in [4.78, 5) is 8.74. The van der Waals surface area contributed by atoms with Gasteiger partial charge in [-0.25, -0.2) is 13.8 Å². The van der Waals surface area contributed by atoms with Gasteiger partial charge in [-0.2, -0.15) is 10.1 Å². The quantitative estimate of drug-likeness (QED) is 0.647. The Morgan fingerprint density at radius 1 is 1.00 bits per heavy atom. The summed E-state index contributed by atoms with van der Waals surface area (Å²) in [5.41, 5.74) is 5.67. The molecule has 1 aromatic rings. The fraction of sp³-hybridized carbons (Fsp3) is 0.435. The highest BCUT2D eigenvalue weighted by Gasteiger charge is 2.31. The van der Waals surface area contributed by atoms with Crippen molar-refractivity contribution in [1.82, 2.24) is 19.8 Å². The second-order valence-electron chi connectivity index (χ2n) is 8.29. The van der Waals surface area contributed by atoms with Crippen LogP contribution in [0.25, 0.3) is 11.4 Å². The zero-order chi connectivity index (χ0) is 21.4. The smallest absolute Gasteiger partial charge is 0.159 e. The Balaban J connectivity index is 1.30. The van der Waals surface area contributed by atoms with Crippen molar-refractivity contribution in [3.8, 4) is 17.5 Å². The Labute approximate surface area is 180 Å². The third-order valence-electron chi connectivity index (χ3n) is 6.49. The molecule has 0 amide bonds. The van der Waals surface area contributed by atoms with E-state index in [1.807, 2.05) is 4.79 Å². The van der Waals surface area contributed by atoms with Gasteiger partial charge in [0, 0.05) is 32.7 Å². The molecule has 0 atom stereocenters. The Bertz CT molecular complexity index is 1110. The SMILES string of the molecule is N#Cc1c2ncnn(N3CCN(CCc4ccc(F)c(F)c4)CC3)c-2c2c1CCCC2. The number of benzene rings is 1. The molecule has 31 heavy (non-hydrogen) atoms. The van der Waals surface area contributed by atoms with Crippen LogP contribution in [0.1, 0.15) is 35.1 Å². The number of nitriles is 1. The van der Waals surface area contributed by atoms with Crippen LogP contribution >= 0.6 is 0 Å².